The van der Waals surface area contributed by atoms with Gasteiger partial charge in [-0.15, -0.1) is 0 Å². The van der Waals surface area contributed by atoms with E-state index in [0.717, 1.165) is 25.2 Å². The fraction of sp³-hybridized carbons (Fsp3) is 0.538. The molecule has 1 aliphatic heterocycles. The number of piperidine rings is 1. The van der Waals surface area contributed by atoms with Gasteiger partial charge >= 0.3 is 0 Å². The number of nitrogens with zero attached hydrogens (tertiary/aromatic N) is 1. The van der Waals surface area contributed by atoms with Crippen molar-refractivity contribution in [1.82, 2.24) is 10.2 Å². The average molecular weight is 457 g/mol. The molecular weight excluding hydrogens is 420 g/mol. The highest BCUT2D eigenvalue weighted by Crippen LogP contribution is 2.45. The molecule has 1 aliphatic carbocycles. The van der Waals surface area contributed by atoms with Crippen LogP contribution in [0, 0.1) is 17.8 Å². The predicted molar refractivity (Wildman–Crippen MR) is 127 cm³/mol. The quantitative estimate of drug-likeness (QED) is 0.648. The Balaban J connectivity index is 1.93. The fourth-order valence-electron chi connectivity index (χ4n) is 5.13. The highest BCUT2D eigenvalue weighted by molar-refractivity contribution is 5.78. The summed E-state index contributed by atoms with van der Waals surface area (Å²) in [5.41, 5.74) is 1.35. The molecule has 33 heavy (non-hydrogen) atoms. The molecular formula is C26H36N2O5. The van der Waals surface area contributed by atoms with Gasteiger partial charge in [-0.25, -0.2) is 0 Å². The first-order valence-corrected chi connectivity index (χ1v) is 11.6. The molecule has 7 heteroatoms. The van der Waals surface area contributed by atoms with Gasteiger partial charge in [-0.2, -0.15) is 0 Å². The van der Waals surface area contributed by atoms with Crippen LogP contribution in [0.5, 0.6) is 17.2 Å². The van der Waals surface area contributed by atoms with E-state index in [1.807, 2.05) is 23.1 Å². The molecule has 1 heterocycles. The van der Waals surface area contributed by atoms with Crippen LogP contribution in [0.2, 0.25) is 0 Å². The second-order valence-corrected chi connectivity index (χ2v) is 9.42. The van der Waals surface area contributed by atoms with Crippen molar-refractivity contribution in [2.24, 2.45) is 17.8 Å². The molecule has 4 unspecified atom stereocenters. The number of ether oxygens (including phenoxy) is 2. The zero-order valence-electron chi connectivity index (χ0n) is 20.3. The van der Waals surface area contributed by atoms with Crippen LogP contribution in [0.4, 0.5) is 0 Å². The van der Waals surface area contributed by atoms with E-state index < -0.39 is 0 Å². The van der Waals surface area contributed by atoms with Crippen molar-refractivity contribution in [2.45, 2.75) is 46.0 Å². The van der Waals surface area contributed by atoms with Gasteiger partial charge in [0.05, 0.1) is 14.2 Å². The molecule has 180 valence electrons. The number of hydrogen-bond acceptors (Lipinski definition) is 5. The summed E-state index contributed by atoms with van der Waals surface area (Å²) in [6, 6.07) is 3.30. The van der Waals surface area contributed by atoms with Crippen molar-refractivity contribution < 1.29 is 24.2 Å². The third-order valence-corrected chi connectivity index (χ3v) is 6.51. The number of phenols is 1. The molecule has 3 rings (SSSR count). The number of carbonyl (C=O) groups excluding carboxylic acids is 2. The van der Waals surface area contributed by atoms with Crippen LogP contribution >= 0.6 is 0 Å². The summed E-state index contributed by atoms with van der Waals surface area (Å²) in [6.45, 7) is 7.36. The number of hydrogen-bond donors (Lipinski definition) is 2. The van der Waals surface area contributed by atoms with Crippen LogP contribution < -0.4 is 14.8 Å². The summed E-state index contributed by atoms with van der Waals surface area (Å²) >= 11 is 0. The number of likely N-dealkylation sites (tertiary alicyclic amines) is 1. The molecule has 1 fully saturated rings. The number of allylic oxidation sites excluding steroid dienone is 3. The van der Waals surface area contributed by atoms with Gasteiger partial charge in [0.2, 0.25) is 11.8 Å². The lowest BCUT2D eigenvalue weighted by Gasteiger charge is -2.37. The van der Waals surface area contributed by atoms with Crippen molar-refractivity contribution in [3.63, 3.8) is 0 Å². The first-order valence-electron chi connectivity index (χ1n) is 11.6. The van der Waals surface area contributed by atoms with E-state index in [-0.39, 0.29) is 35.8 Å². The van der Waals surface area contributed by atoms with Crippen molar-refractivity contribution in [3.05, 3.63) is 41.6 Å². The maximum absolute atomic E-state index is 13.4. The number of phenolic OH excluding ortho intramolecular Hbond substituents is 1. The van der Waals surface area contributed by atoms with Crippen LogP contribution in [0.25, 0.3) is 0 Å². The Labute approximate surface area is 196 Å². The van der Waals surface area contributed by atoms with Crippen LogP contribution in [0.1, 0.15) is 51.5 Å². The molecule has 0 radical (unpaired) electrons. The zero-order valence-corrected chi connectivity index (χ0v) is 20.3. The minimum Gasteiger partial charge on any atom is -0.507 e. The summed E-state index contributed by atoms with van der Waals surface area (Å²) in [4.78, 5) is 26.8. The monoisotopic (exact) mass is 456 g/mol. The molecule has 1 aromatic carbocycles. The largest absolute Gasteiger partial charge is 0.507 e. The SMILES string of the molecule is COc1cc(O)c(C(CC(=O)N2CC(C)CC(C)C2)C2C=CC(NC(C)=O)=CC2)c(OC)c1. The molecule has 0 spiro atoms. The van der Waals surface area contributed by atoms with Crippen LogP contribution in [0.3, 0.4) is 0 Å². The Morgan fingerprint density at radius 1 is 1.18 bits per heavy atom. The van der Waals surface area contributed by atoms with Crippen molar-refractivity contribution >= 4 is 11.8 Å². The van der Waals surface area contributed by atoms with Crippen LogP contribution in [-0.4, -0.2) is 49.1 Å². The molecule has 1 aromatic rings. The van der Waals surface area contributed by atoms with E-state index >= 15 is 0 Å². The Morgan fingerprint density at radius 2 is 1.88 bits per heavy atom. The maximum Gasteiger partial charge on any atom is 0.223 e. The predicted octanol–water partition coefficient (Wildman–Crippen LogP) is 3.98. The van der Waals surface area contributed by atoms with Crippen molar-refractivity contribution in [3.8, 4) is 17.2 Å². The highest BCUT2D eigenvalue weighted by Gasteiger charge is 2.33. The van der Waals surface area contributed by atoms with Gasteiger partial charge in [-0.1, -0.05) is 26.0 Å². The van der Waals surface area contributed by atoms with E-state index in [1.54, 1.807) is 19.2 Å². The average Bonchev–Trinajstić information content (AvgIpc) is 2.76. The van der Waals surface area contributed by atoms with Gasteiger partial charge in [0.1, 0.15) is 17.2 Å². The number of aromatic hydroxyl groups is 1. The van der Waals surface area contributed by atoms with E-state index in [4.69, 9.17) is 9.47 Å². The number of methoxy groups -OCH3 is 2. The third-order valence-electron chi connectivity index (χ3n) is 6.51. The molecule has 1 saturated heterocycles. The number of benzene rings is 1. The van der Waals surface area contributed by atoms with E-state index in [1.165, 1.54) is 14.0 Å². The second kappa shape index (κ2) is 10.8. The standard InChI is InChI=1S/C26H36N2O5/c1-16-10-17(2)15-28(14-16)25(31)13-22(19-6-8-20(9-7-19)27-18(3)29)26-23(30)11-21(32-4)12-24(26)33-5/h6,8-9,11-12,16-17,19,22,30H,7,10,13-15H2,1-5H3,(H,27,29). The second-order valence-electron chi connectivity index (χ2n) is 9.42. The Bertz CT molecular complexity index is 929. The van der Waals surface area contributed by atoms with Crippen LogP contribution in [-0.2, 0) is 9.59 Å². The molecule has 2 N–H and O–H groups in total. The van der Waals surface area contributed by atoms with E-state index in [0.29, 0.717) is 35.3 Å². The van der Waals surface area contributed by atoms with Gasteiger partial charge in [-0.3, -0.25) is 9.59 Å². The maximum atomic E-state index is 13.4. The molecule has 7 nitrogen and oxygen atoms in total. The summed E-state index contributed by atoms with van der Waals surface area (Å²) in [7, 11) is 3.09. The molecule has 2 aliphatic rings. The lowest BCUT2D eigenvalue weighted by molar-refractivity contribution is -0.134. The molecule has 0 aromatic heterocycles. The third kappa shape index (κ3) is 6.09. The minimum absolute atomic E-state index is 0.0423. The van der Waals surface area contributed by atoms with Gasteiger partial charge in [-0.05, 0) is 36.7 Å². The Hall–Kier alpha value is -2.96. The number of rotatable bonds is 7. The van der Waals surface area contributed by atoms with Gasteiger partial charge in [0.25, 0.3) is 0 Å². The summed E-state index contributed by atoms with van der Waals surface area (Å²) < 4.78 is 10.9. The number of amides is 2. The Morgan fingerprint density at radius 3 is 2.42 bits per heavy atom. The van der Waals surface area contributed by atoms with E-state index in [9.17, 15) is 14.7 Å². The normalized spacial score (nSPS) is 23.5. The molecule has 0 bridgehead atoms. The first kappa shape index (κ1) is 24.7. The van der Waals surface area contributed by atoms with Gasteiger partial charge in [0, 0.05) is 55.7 Å². The summed E-state index contributed by atoms with van der Waals surface area (Å²) in [5, 5.41) is 13.7. The lowest BCUT2D eigenvalue weighted by atomic mass is 9.78. The molecule has 4 atom stereocenters. The van der Waals surface area contributed by atoms with Crippen molar-refractivity contribution in [2.75, 3.05) is 27.3 Å². The highest BCUT2D eigenvalue weighted by atomic mass is 16.5. The summed E-state index contributed by atoms with van der Waals surface area (Å²) in [5.74, 6) is 1.60. The first-order chi connectivity index (χ1) is 15.7. The topological polar surface area (TPSA) is 88.1 Å². The number of carbonyl (C=O) groups is 2. The van der Waals surface area contributed by atoms with Crippen LogP contribution in [0.15, 0.2) is 36.1 Å². The molecule has 0 saturated carbocycles. The van der Waals surface area contributed by atoms with Gasteiger partial charge in [0.15, 0.2) is 0 Å². The van der Waals surface area contributed by atoms with E-state index in [2.05, 4.69) is 19.2 Å². The van der Waals surface area contributed by atoms with Gasteiger partial charge < -0.3 is 24.8 Å². The Kier molecular flexibility index (Phi) is 8.06. The lowest BCUT2D eigenvalue weighted by Crippen LogP contribution is -2.43. The van der Waals surface area contributed by atoms with Crippen molar-refractivity contribution in [1.29, 1.82) is 0 Å². The minimum atomic E-state index is -0.294. The number of nitrogens with one attached hydrogen (secondary N) is 1. The summed E-state index contributed by atoms with van der Waals surface area (Å²) in [6.07, 6.45) is 7.85. The smallest absolute Gasteiger partial charge is 0.223 e. The molecule has 2 amide bonds. The fourth-order valence-corrected chi connectivity index (χ4v) is 5.13. The zero-order chi connectivity index (χ0) is 24.1.